The second kappa shape index (κ2) is 4.48. The van der Waals surface area contributed by atoms with Crippen molar-refractivity contribution < 1.29 is 4.74 Å². The second-order valence-corrected chi connectivity index (χ2v) is 2.75. The Morgan fingerprint density at radius 3 is 3.00 bits per heavy atom. The summed E-state index contributed by atoms with van der Waals surface area (Å²) in [6.07, 6.45) is 0.327. The highest BCUT2D eigenvalue weighted by molar-refractivity contribution is 5.30. The summed E-state index contributed by atoms with van der Waals surface area (Å²) in [6.45, 7) is 0. The molecule has 3 nitrogen and oxygen atoms in total. The van der Waals surface area contributed by atoms with Crippen molar-refractivity contribution in [3.05, 3.63) is 29.8 Å². The van der Waals surface area contributed by atoms with Crippen LogP contribution in [0.15, 0.2) is 24.3 Å². The van der Waals surface area contributed by atoms with Gasteiger partial charge < -0.3 is 10.5 Å². The summed E-state index contributed by atoms with van der Waals surface area (Å²) in [5.74, 6) is 0.769. The van der Waals surface area contributed by atoms with Crippen LogP contribution in [0, 0.1) is 11.3 Å². The largest absolute Gasteiger partial charge is 0.497 e. The Morgan fingerprint density at radius 2 is 2.38 bits per heavy atom. The Labute approximate surface area is 77.7 Å². The minimum atomic E-state index is -0.222. The van der Waals surface area contributed by atoms with Crippen LogP contribution in [0.4, 0.5) is 0 Å². The summed E-state index contributed by atoms with van der Waals surface area (Å²) in [7, 11) is 1.61. The first-order chi connectivity index (χ1) is 6.27. The predicted molar refractivity (Wildman–Crippen MR) is 50.2 cm³/mol. The summed E-state index contributed by atoms with van der Waals surface area (Å²) >= 11 is 0. The van der Waals surface area contributed by atoms with Crippen LogP contribution >= 0.6 is 0 Å². The van der Waals surface area contributed by atoms with Crippen molar-refractivity contribution in [1.82, 2.24) is 0 Å². The van der Waals surface area contributed by atoms with Gasteiger partial charge in [0.15, 0.2) is 0 Å². The molecule has 1 rings (SSSR count). The van der Waals surface area contributed by atoms with Gasteiger partial charge in [-0.2, -0.15) is 5.26 Å². The van der Waals surface area contributed by atoms with Crippen LogP contribution in [-0.2, 0) is 0 Å². The minimum Gasteiger partial charge on any atom is -0.497 e. The maximum absolute atomic E-state index is 8.46. The highest BCUT2D eigenvalue weighted by atomic mass is 16.5. The fourth-order valence-electron chi connectivity index (χ4n) is 1.09. The van der Waals surface area contributed by atoms with Gasteiger partial charge in [-0.25, -0.2) is 0 Å². The highest BCUT2D eigenvalue weighted by Gasteiger charge is 2.05. The summed E-state index contributed by atoms with van der Waals surface area (Å²) in [4.78, 5) is 0. The van der Waals surface area contributed by atoms with E-state index in [1.54, 1.807) is 7.11 Å². The van der Waals surface area contributed by atoms with E-state index < -0.39 is 0 Å². The number of nitrogens with zero attached hydrogens (tertiary/aromatic N) is 1. The molecule has 0 heterocycles. The first kappa shape index (κ1) is 9.56. The van der Waals surface area contributed by atoms with E-state index in [0.717, 1.165) is 11.3 Å². The fraction of sp³-hybridized carbons (Fsp3) is 0.300. The zero-order valence-corrected chi connectivity index (χ0v) is 7.53. The summed E-state index contributed by atoms with van der Waals surface area (Å²) in [5, 5.41) is 8.46. The molecular weight excluding hydrogens is 164 g/mol. The normalized spacial score (nSPS) is 11.8. The lowest BCUT2D eigenvalue weighted by Crippen LogP contribution is -2.08. The number of hydrogen-bond donors (Lipinski definition) is 1. The van der Waals surface area contributed by atoms with Crippen LogP contribution in [0.1, 0.15) is 18.0 Å². The number of benzene rings is 1. The summed E-state index contributed by atoms with van der Waals surface area (Å²) in [6, 6.07) is 9.27. The minimum absolute atomic E-state index is 0.222. The molecule has 0 saturated heterocycles. The molecule has 0 aliphatic heterocycles. The Balaban J connectivity index is 2.83. The molecule has 13 heavy (non-hydrogen) atoms. The number of ether oxygens (including phenoxy) is 1. The van der Waals surface area contributed by atoms with Gasteiger partial charge in [-0.05, 0) is 17.7 Å². The van der Waals surface area contributed by atoms with Crippen molar-refractivity contribution in [3.63, 3.8) is 0 Å². The van der Waals surface area contributed by atoms with Gasteiger partial charge in [-0.3, -0.25) is 0 Å². The Hall–Kier alpha value is -1.53. The van der Waals surface area contributed by atoms with Crippen molar-refractivity contribution in [2.24, 2.45) is 5.73 Å². The number of rotatable bonds is 3. The Kier molecular flexibility index (Phi) is 3.30. The third kappa shape index (κ3) is 2.46. The molecule has 0 radical (unpaired) electrons. The van der Waals surface area contributed by atoms with Gasteiger partial charge in [0.2, 0.25) is 0 Å². The summed E-state index contributed by atoms with van der Waals surface area (Å²) in [5.41, 5.74) is 6.68. The van der Waals surface area contributed by atoms with Gasteiger partial charge in [-0.15, -0.1) is 0 Å². The van der Waals surface area contributed by atoms with Crippen molar-refractivity contribution >= 4 is 0 Å². The molecule has 0 saturated carbocycles. The lowest BCUT2D eigenvalue weighted by atomic mass is 10.1. The third-order valence-electron chi connectivity index (χ3n) is 1.83. The molecule has 1 aromatic carbocycles. The van der Waals surface area contributed by atoms with Crippen LogP contribution in [0.25, 0.3) is 0 Å². The molecule has 0 aromatic heterocycles. The molecule has 0 amide bonds. The predicted octanol–water partition coefficient (Wildman–Crippen LogP) is 1.61. The highest BCUT2D eigenvalue weighted by Crippen LogP contribution is 2.18. The van der Waals surface area contributed by atoms with E-state index in [2.05, 4.69) is 0 Å². The quantitative estimate of drug-likeness (QED) is 0.761. The average molecular weight is 176 g/mol. The van der Waals surface area contributed by atoms with Crippen molar-refractivity contribution in [3.8, 4) is 11.8 Å². The molecule has 0 bridgehead atoms. The molecule has 0 spiro atoms. The molecule has 1 aromatic rings. The Morgan fingerprint density at radius 1 is 1.62 bits per heavy atom. The van der Waals surface area contributed by atoms with Crippen LogP contribution in [0.5, 0.6) is 5.75 Å². The molecule has 1 atom stereocenters. The van der Waals surface area contributed by atoms with Crippen LogP contribution < -0.4 is 10.5 Å². The number of methoxy groups -OCH3 is 1. The van der Waals surface area contributed by atoms with Crippen molar-refractivity contribution in [2.45, 2.75) is 12.5 Å². The van der Waals surface area contributed by atoms with E-state index in [1.807, 2.05) is 30.3 Å². The van der Waals surface area contributed by atoms with Crippen LogP contribution in [0.2, 0.25) is 0 Å². The van der Waals surface area contributed by atoms with Gasteiger partial charge in [-0.1, -0.05) is 12.1 Å². The standard InChI is InChI=1S/C10H12N2O/c1-13-9-4-2-3-8(7-9)10(12)5-6-11/h2-4,7,10H,5,12H2,1H3. The van der Waals surface area contributed by atoms with Crippen molar-refractivity contribution in [2.75, 3.05) is 7.11 Å². The molecular formula is C10H12N2O. The number of nitrogens with two attached hydrogens (primary N) is 1. The van der Waals surface area contributed by atoms with Crippen LogP contribution in [0.3, 0.4) is 0 Å². The van der Waals surface area contributed by atoms with E-state index in [1.165, 1.54) is 0 Å². The maximum atomic E-state index is 8.46. The molecule has 0 aliphatic carbocycles. The van der Waals surface area contributed by atoms with E-state index in [-0.39, 0.29) is 6.04 Å². The molecule has 0 aliphatic rings. The van der Waals surface area contributed by atoms with E-state index in [4.69, 9.17) is 15.7 Å². The molecule has 1 unspecified atom stereocenters. The molecule has 3 heteroatoms. The second-order valence-electron chi connectivity index (χ2n) is 2.75. The van der Waals surface area contributed by atoms with Gasteiger partial charge in [0.05, 0.1) is 19.6 Å². The average Bonchev–Trinajstić information content (AvgIpc) is 2.18. The monoisotopic (exact) mass is 176 g/mol. The van der Waals surface area contributed by atoms with E-state index in [9.17, 15) is 0 Å². The fourth-order valence-corrected chi connectivity index (χ4v) is 1.09. The molecule has 2 N–H and O–H groups in total. The number of hydrogen-bond acceptors (Lipinski definition) is 3. The third-order valence-corrected chi connectivity index (χ3v) is 1.83. The zero-order chi connectivity index (χ0) is 9.68. The first-order valence-electron chi connectivity index (χ1n) is 4.04. The molecule has 0 fully saturated rings. The SMILES string of the molecule is COc1cccc(C(N)CC#N)c1. The first-order valence-corrected chi connectivity index (χ1v) is 4.04. The van der Waals surface area contributed by atoms with Gasteiger partial charge >= 0.3 is 0 Å². The lowest BCUT2D eigenvalue weighted by molar-refractivity contribution is 0.414. The lowest BCUT2D eigenvalue weighted by Gasteiger charge is -2.08. The maximum Gasteiger partial charge on any atom is 0.119 e. The number of nitriles is 1. The van der Waals surface area contributed by atoms with Gasteiger partial charge in [0, 0.05) is 6.04 Å². The van der Waals surface area contributed by atoms with E-state index in [0.29, 0.717) is 6.42 Å². The Bertz CT molecular complexity index is 317. The zero-order valence-electron chi connectivity index (χ0n) is 7.53. The van der Waals surface area contributed by atoms with Gasteiger partial charge in [0.1, 0.15) is 5.75 Å². The van der Waals surface area contributed by atoms with Gasteiger partial charge in [0.25, 0.3) is 0 Å². The smallest absolute Gasteiger partial charge is 0.119 e. The van der Waals surface area contributed by atoms with Crippen molar-refractivity contribution in [1.29, 1.82) is 5.26 Å². The van der Waals surface area contributed by atoms with Crippen LogP contribution in [-0.4, -0.2) is 7.11 Å². The summed E-state index contributed by atoms with van der Waals surface area (Å²) < 4.78 is 5.04. The topological polar surface area (TPSA) is 59.0 Å². The molecule has 68 valence electrons. The van der Waals surface area contributed by atoms with E-state index >= 15 is 0 Å².